The Balaban J connectivity index is 0.000000150. The van der Waals surface area contributed by atoms with Gasteiger partial charge >= 0.3 is 0 Å². The van der Waals surface area contributed by atoms with Crippen LogP contribution in [0.2, 0.25) is 0 Å². The van der Waals surface area contributed by atoms with Gasteiger partial charge in [0.05, 0.1) is 81.6 Å². The Labute approximate surface area is 572 Å². The minimum absolute atomic E-state index is 0. The minimum Gasteiger partial charge on any atom is -1.00 e. The van der Waals surface area contributed by atoms with Crippen LogP contribution in [0.3, 0.4) is 0 Å². The van der Waals surface area contributed by atoms with E-state index >= 15 is 0 Å². The number of benzene rings is 3. The molecule has 12 aromatic rings. The van der Waals surface area contributed by atoms with E-state index < -0.39 is 10.8 Å². The summed E-state index contributed by atoms with van der Waals surface area (Å²) in [7, 11) is -1.18. The molecule has 93 heavy (non-hydrogen) atoms. The zero-order valence-corrected chi connectivity index (χ0v) is 58.0. The molecule has 15 rings (SSSR count). The highest BCUT2D eigenvalue weighted by Gasteiger charge is 2.18. The summed E-state index contributed by atoms with van der Waals surface area (Å²) in [5.41, 5.74) is 14.7. The van der Waals surface area contributed by atoms with Gasteiger partial charge in [-0.25, -0.2) is 44.9 Å². The molecule has 12 heterocycles. The van der Waals surface area contributed by atoms with E-state index in [1.807, 2.05) is 112 Å². The van der Waals surface area contributed by atoms with Crippen molar-refractivity contribution in [1.29, 1.82) is 0 Å². The number of hydrogen-bond donors (Lipinski definition) is 4. The van der Waals surface area contributed by atoms with Crippen molar-refractivity contribution in [2.75, 3.05) is 89.7 Å². The van der Waals surface area contributed by atoms with Crippen molar-refractivity contribution >= 4 is 147 Å². The van der Waals surface area contributed by atoms with E-state index in [2.05, 4.69) is 147 Å². The number of anilines is 8. The van der Waals surface area contributed by atoms with Gasteiger partial charge in [0.15, 0.2) is 0 Å². The largest absolute Gasteiger partial charge is 1.00 e. The van der Waals surface area contributed by atoms with Crippen molar-refractivity contribution in [3.8, 4) is 0 Å². The molecule has 488 valence electrons. The average Bonchev–Trinajstić information content (AvgIpc) is 1.72. The maximum atomic E-state index is 11.5. The molecule has 9 aromatic heterocycles. The zero-order valence-electron chi connectivity index (χ0n) is 53.4. The van der Waals surface area contributed by atoms with Crippen LogP contribution in [-0.2, 0) is 10.8 Å². The van der Waals surface area contributed by atoms with E-state index in [9.17, 15) is 4.21 Å². The number of piperazine rings is 1. The molecule has 0 bridgehead atoms. The van der Waals surface area contributed by atoms with Gasteiger partial charge in [-0.3, -0.25) is 18.3 Å². The Morgan fingerprint density at radius 3 is 1.16 bits per heavy atom. The van der Waals surface area contributed by atoms with Gasteiger partial charge in [0.25, 0.3) is 0 Å². The van der Waals surface area contributed by atoms with Gasteiger partial charge in [-0.1, -0.05) is 36.4 Å². The number of aromatic nitrogens is 15. The standard InChI is InChI=1S/C22H25N7.C21H24N8.C13H14N4OS.C10H15N3.2ClH.HI/c1-15(2)29-21-17(13-25-29)7-6-16-12-24-22(27-20(16)21)26-19-9-8-18(14-23-19)28-10-4-3-5-11-28;1-14(2)29-20-16(12-25-29)4-3-15-11-24-21(27-19(15)20)26-18-6-5-17(13-23-18)28-9-7-22-8-10-28;1-8(2)17-12-10(7-15-17)5-4-9-6-14-13(19(3)18)16-11(9)12;11-10-5-4-9(8-12-10)13-6-2-1-3-7-13;;;/h6-9,12-15H,3-5,10-11H2,1-2H3,(H,23,24,26,27);3-6,11-14,22H,7-10H2,1-2H3,(H,23,24,26,27);4-8H,1-3H3;4-5,8H,1-3,6-7H2,(H2,11,12);3*1H/p-1. The summed E-state index contributed by atoms with van der Waals surface area (Å²) in [5, 5.41) is 29.8. The predicted octanol–water partition coefficient (Wildman–Crippen LogP) is 9.60. The van der Waals surface area contributed by atoms with Gasteiger partial charge < -0.3 is 60.4 Å². The molecule has 27 heteroatoms. The van der Waals surface area contributed by atoms with Crippen molar-refractivity contribution in [2.45, 2.75) is 103 Å². The van der Waals surface area contributed by atoms with Gasteiger partial charge in [0, 0.05) is 128 Å². The summed E-state index contributed by atoms with van der Waals surface area (Å²) in [6.45, 7) is 21.2. The third-order valence-electron chi connectivity index (χ3n) is 16.3. The van der Waals surface area contributed by atoms with Crippen molar-refractivity contribution in [1.82, 2.24) is 79.5 Å². The second-order valence-electron chi connectivity index (χ2n) is 23.7. The molecular weight excluding hydrogens is 1350 g/mol. The quantitative estimate of drug-likeness (QED) is 0.0694. The zero-order chi connectivity index (χ0) is 62.3. The lowest BCUT2D eigenvalue weighted by Gasteiger charge is -2.29. The van der Waals surface area contributed by atoms with Crippen LogP contribution in [0.4, 0.5) is 46.4 Å². The highest BCUT2D eigenvalue weighted by atomic mass is 127. The minimum atomic E-state index is -1.18. The normalized spacial score (nSPS) is 14.4. The number of halogens is 3. The lowest BCUT2D eigenvalue weighted by molar-refractivity contribution is -0.0000204. The number of fused-ring (bicyclic) bond motifs is 9. The third-order valence-corrected chi connectivity index (χ3v) is 17.0. The molecule has 0 radical (unpaired) electrons. The van der Waals surface area contributed by atoms with Gasteiger partial charge in [-0.05, 0) is 116 Å². The van der Waals surface area contributed by atoms with E-state index in [1.165, 1.54) is 49.9 Å². The summed E-state index contributed by atoms with van der Waals surface area (Å²) >= 11 is 0. The molecule has 3 fully saturated rings. The number of nitrogens with one attached hydrogen (secondary N) is 3. The lowest BCUT2D eigenvalue weighted by atomic mass is 10.1. The second kappa shape index (κ2) is 31.6. The van der Waals surface area contributed by atoms with E-state index in [-0.39, 0.29) is 66.9 Å². The fourth-order valence-electron chi connectivity index (χ4n) is 11.6. The first-order chi connectivity index (χ1) is 43.8. The fraction of sp³-hybridized carbons (Fsp3) is 0.364. The average molecular weight is 1430 g/mol. The van der Waals surface area contributed by atoms with E-state index in [4.69, 9.17) is 15.7 Å². The molecule has 23 nitrogen and oxygen atoms in total. The molecule has 1 atom stereocenters. The van der Waals surface area contributed by atoms with Crippen LogP contribution >= 0.6 is 24.8 Å². The van der Waals surface area contributed by atoms with Crippen LogP contribution < -0.4 is 60.4 Å². The molecule has 3 aromatic carbocycles. The summed E-state index contributed by atoms with van der Waals surface area (Å²) in [4.78, 5) is 47.4. The SMILES string of the molecule is CC(C)n1ncc2ccc3cnc(Nc4ccc(N5CCCCC5)cn4)nc3c21.CC(C)n1ncc2ccc3cnc(Nc4ccc(N5CCNCC5)cn4)nc3c21.CC(C)n1ncc2ccc3cnc(S(C)=O)nc3c21.Cl.Cl.Nc1ccc(N2CCCCC2)cn1.[I-]. The van der Waals surface area contributed by atoms with Crippen molar-refractivity contribution < 1.29 is 28.2 Å². The van der Waals surface area contributed by atoms with Gasteiger partial charge in [-0.2, -0.15) is 15.3 Å². The Kier molecular flexibility index (Phi) is 23.5. The molecule has 5 N–H and O–H groups in total. The number of hydrogen-bond acceptors (Lipinski definition) is 20. The van der Waals surface area contributed by atoms with E-state index in [0.29, 0.717) is 22.9 Å². The molecule has 3 saturated heterocycles. The summed E-state index contributed by atoms with van der Waals surface area (Å²) in [6, 6.07) is 25.0. The van der Waals surface area contributed by atoms with Crippen LogP contribution in [0.25, 0.3) is 65.4 Å². The predicted molar refractivity (Wildman–Crippen MR) is 377 cm³/mol. The van der Waals surface area contributed by atoms with Gasteiger partial charge in [0.2, 0.25) is 17.1 Å². The monoisotopic (exact) mass is 1430 g/mol. The molecule has 3 aliphatic heterocycles. The molecular formula is C66H80Cl2IN22OS-. The molecule has 3 aliphatic rings. The number of pyridine rings is 3. The van der Waals surface area contributed by atoms with Crippen LogP contribution in [0.1, 0.15) is 98.2 Å². The number of rotatable bonds is 11. The van der Waals surface area contributed by atoms with Crippen molar-refractivity contribution in [2.24, 2.45) is 0 Å². The highest BCUT2D eigenvalue weighted by molar-refractivity contribution is 7.84. The van der Waals surface area contributed by atoms with E-state index in [1.54, 1.807) is 12.5 Å². The maximum Gasteiger partial charge on any atom is 0.228 e. The number of nitrogen functional groups attached to an aromatic ring is 1. The van der Waals surface area contributed by atoms with Crippen molar-refractivity contribution in [3.05, 3.63) is 129 Å². The smallest absolute Gasteiger partial charge is 0.228 e. The van der Waals surface area contributed by atoms with Crippen molar-refractivity contribution in [3.63, 3.8) is 0 Å². The Morgan fingerprint density at radius 1 is 0.430 bits per heavy atom. The molecule has 0 amide bonds. The molecule has 1 unspecified atom stereocenters. The number of piperidine rings is 2. The Bertz CT molecular complexity index is 4250. The van der Waals surface area contributed by atoms with Gasteiger partial charge in [0.1, 0.15) is 34.0 Å². The fourth-order valence-corrected chi connectivity index (χ4v) is 12.0. The lowest BCUT2D eigenvalue weighted by Crippen LogP contribution is -3.00. The Hall–Kier alpha value is -8.24. The van der Waals surface area contributed by atoms with Crippen LogP contribution in [-0.4, -0.2) is 137 Å². The third kappa shape index (κ3) is 16.1. The van der Waals surface area contributed by atoms with E-state index in [0.717, 1.165) is 135 Å². The maximum absolute atomic E-state index is 11.5. The van der Waals surface area contributed by atoms with Crippen LogP contribution in [0.5, 0.6) is 0 Å². The van der Waals surface area contributed by atoms with Gasteiger partial charge in [-0.15, -0.1) is 24.8 Å². The summed E-state index contributed by atoms with van der Waals surface area (Å²) < 4.78 is 17.5. The highest BCUT2D eigenvalue weighted by Crippen LogP contribution is 2.31. The van der Waals surface area contributed by atoms with Crippen LogP contribution in [0.15, 0.2) is 134 Å². The van der Waals surface area contributed by atoms with Crippen LogP contribution in [0, 0.1) is 0 Å². The topological polar surface area (TPSA) is 258 Å². The Morgan fingerprint density at radius 2 is 0.796 bits per heavy atom. The first-order valence-corrected chi connectivity index (χ1v) is 32.7. The molecule has 0 aliphatic carbocycles. The number of nitrogens with two attached hydrogens (primary N) is 1. The first-order valence-electron chi connectivity index (χ1n) is 31.2. The molecule has 0 saturated carbocycles. The molecule has 0 spiro atoms. The summed E-state index contributed by atoms with van der Waals surface area (Å²) in [5.74, 6) is 3.15. The summed E-state index contributed by atoms with van der Waals surface area (Å²) in [6.07, 6.45) is 26.1. The second-order valence-corrected chi connectivity index (χ2v) is 25.0. The number of nitrogens with zero attached hydrogens (tertiary/aromatic N) is 18. The first kappa shape index (κ1) is 69.1.